The number of aryl methyl sites for hydroxylation is 2. The van der Waals surface area contributed by atoms with E-state index in [0.29, 0.717) is 43.3 Å². The number of fused-ring (bicyclic) bond motifs is 2. The molecule has 0 radical (unpaired) electrons. The molecule has 0 bridgehead atoms. The molecule has 0 N–H and O–H groups in total. The van der Waals surface area contributed by atoms with E-state index in [9.17, 15) is 4.79 Å². The highest BCUT2D eigenvalue weighted by molar-refractivity contribution is 5.82. The van der Waals surface area contributed by atoms with Crippen LogP contribution in [0.3, 0.4) is 0 Å². The summed E-state index contributed by atoms with van der Waals surface area (Å²) in [5.41, 5.74) is 1.98. The van der Waals surface area contributed by atoms with E-state index >= 15 is 0 Å². The summed E-state index contributed by atoms with van der Waals surface area (Å²) in [5, 5.41) is 0. The number of para-hydroxylation sites is 2. The van der Waals surface area contributed by atoms with Crippen LogP contribution in [0.4, 0.5) is 0 Å². The molecule has 3 aromatic rings. The lowest BCUT2D eigenvalue weighted by atomic mass is 10.1. The van der Waals surface area contributed by atoms with Gasteiger partial charge in [-0.1, -0.05) is 18.2 Å². The van der Waals surface area contributed by atoms with Gasteiger partial charge in [0.25, 0.3) is 5.91 Å². The zero-order valence-corrected chi connectivity index (χ0v) is 15.9. The third-order valence-electron chi connectivity index (χ3n) is 5.22. The largest absolute Gasteiger partial charge is 0.485 e. The smallest absolute Gasteiger partial charge is 0.267 e. The highest BCUT2D eigenvalue weighted by Gasteiger charge is 2.34. The average molecular weight is 391 g/mol. The van der Waals surface area contributed by atoms with Gasteiger partial charge in [0.05, 0.1) is 6.54 Å². The highest BCUT2D eigenvalue weighted by atomic mass is 16.6. The minimum absolute atomic E-state index is 0.0786. The van der Waals surface area contributed by atoms with Crippen molar-refractivity contribution in [3.8, 4) is 11.5 Å². The number of rotatable bonds is 4. The van der Waals surface area contributed by atoms with Crippen LogP contribution in [0.1, 0.15) is 22.9 Å². The second-order valence-electron chi connectivity index (χ2n) is 7.21. The van der Waals surface area contributed by atoms with E-state index in [1.807, 2.05) is 42.6 Å². The molecular weight excluding hydrogens is 370 g/mol. The van der Waals surface area contributed by atoms with Crippen LogP contribution in [-0.2, 0) is 30.6 Å². The fourth-order valence-electron chi connectivity index (χ4n) is 3.69. The lowest BCUT2D eigenvalue weighted by Gasteiger charge is -2.31. The van der Waals surface area contributed by atoms with Gasteiger partial charge >= 0.3 is 0 Å². The number of aromatic nitrogens is 2. The molecule has 7 heteroatoms. The second-order valence-corrected chi connectivity index (χ2v) is 7.21. The van der Waals surface area contributed by atoms with E-state index in [2.05, 4.69) is 9.97 Å². The first-order valence-electron chi connectivity index (χ1n) is 9.80. The van der Waals surface area contributed by atoms with Crippen LogP contribution in [0, 0.1) is 0 Å². The number of hydrogen-bond donors (Lipinski definition) is 0. The summed E-state index contributed by atoms with van der Waals surface area (Å²) in [6, 6.07) is 11.4. The van der Waals surface area contributed by atoms with E-state index in [4.69, 9.17) is 13.9 Å². The Labute approximate surface area is 168 Å². The molecule has 1 aromatic carbocycles. The van der Waals surface area contributed by atoms with Gasteiger partial charge in [-0.2, -0.15) is 0 Å². The maximum absolute atomic E-state index is 12.9. The van der Waals surface area contributed by atoms with Crippen molar-refractivity contribution in [2.24, 2.45) is 0 Å². The van der Waals surface area contributed by atoms with E-state index in [-0.39, 0.29) is 12.5 Å². The molecule has 148 valence electrons. The Morgan fingerprint density at radius 3 is 2.90 bits per heavy atom. The van der Waals surface area contributed by atoms with Gasteiger partial charge in [0.1, 0.15) is 18.1 Å². The number of carbonyl (C=O) groups is 1. The minimum atomic E-state index is -0.636. The topological polar surface area (TPSA) is 77.7 Å². The number of carbonyl (C=O) groups excluding carboxylic acids is 1. The first-order valence-corrected chi connectivity index (χ1v) is 9.80. The molecule has 0 saturated carbocycles. The van der Waals surface area contributed by atoms with Crippen LogP contribution in [0.5, 0.6) is 11.5 Å². The summed E-state index contributed by atoms with van der Waals surface area (Å²) in [7, 11) is 0. The molecule has 2 aliphatic rings. The molecule has 1 atom stereocenters. The summed E-state index contributed by atoms with van der Waals surface area (Å²) in [5.74, 6) is 2.78. The van der Waals surface area contributed by atoms with Crippen LogP contribution >= 0.6 is 0 Å². The van der Waals surface area contributed by atoms with E-state index in [1.165, 1.54) is 0 Å². The van der Waals surface area contributed by atoms with E-state index in [0.717, 1.165) is 23.4 Å². The number of pyridine rings is 1. The molecule has 1 unspecified atom stereocenters. The van der Waals surface area contributed by atoms with Crippen molar-refractivity contribution in [1.82, 2.24) is 14.9 Å². The molecule has 1 amide bonds. The Bertz CT molecular complexity index is 1020. The van der Waals surface area contributed by atoms with Crippen LogP contribution in [-0.4, -0.2) is 40.0 Å². The van der Waals surface area contributed by atoms with Crippen molar-refractivity contribution in [3.05, 3.63) is 71.7 Å². The molecule has 2 aromatic heterocycles. The predicted octanol–water partition coefficient (Wildman–Crippen LogP) is 2.58. The van der Waals surface area contributed by atoms with Crippen LogP contribution in [0.15, 0.2) is 53.2 Å². The fourth-order valence-corrected chi connectivity index (χ4v) is 3.69. The quantitative estimate of drug-likeness (QED) is 0.680. The summed E-state index contributed by atoms with van der Waals surface area (Å²) in [6.07, 6.45) is 5.17. The maximum atomic E-state index is 12.9. The molecule has 5 rings (SSSR count). The van der Waals surface area contributed by atoms with Crippen LogP contribution in [0.2, 0.25) is 0 Å². The number of hydrogen-bond acceptors (Lipinski definition) is 6. The van der Waals surface area contributed by atoms with Crippen molar-refractivity contribution in [1.29, 1.82) is 0 Å². The Morgan fingerprint density at radius 1 is 1.14 bits per heavy atom. The van der Waals surface area contributed by atoms with Crippen molar-refractivity contribution in [2.75, 3.05) is 13.2 Å². The van der Waals surface area contributed by atoms with Gasteiger partial charge in [-0.25, -0.2) is 4.98 Å². The third-order valence-corrected chi connectivity index (χ3v) is 5.22. The van der Waals surface area contributed by atoms with Crippen LogP contribution < -0.4 is 9.47 Å². The molecule has 0 saturated heterocycles. The van der Waals surface area contributed by atoms with Gasteiger partial charge in [0, 0.05) is 31.8 Å². The number of nitrogens with zero attached hydrogens (tertiary/aromatic N) is 3. The average Bonchev–Trinajstić information content (AvgIpc) is 3.20. The Balaban J connectivity index is 1.23. The summed E-state index contributed by atoms with van der Waals surface area (Å²) < 4.78 is 17.5. The van der Waals surface area contributed by atoms with Crippen molar-refractivity contribution < 1.29 is 18.7 Å². The maximum Gasteiger partial charge on any atom is 0.267 e. The number of benzene rings is 1. The standard InChI is InChI=1S/C22H21N3O4/c26-22(20-14-27-18-5-1-2-6-19(18)28-20)25-11-9-17-16(13-25)24-21(29-17)8-7-15-4-3-10-23-12-15/h1-6,10,12,20H,7-9,11,13-14H2. The first-order chi connectivity index (χ1) is 14.3. The zero-order valence-electron chi connectivity index (χ0n) is 15.9. The lowest BCUT2D eigenvalue weighted by molar-refractivity contribution is -0.142. The molecular formula is C22H21N3O4. The fraction of sp³-hybridized carbons (Fsp3) is 0.318. The van der Waals surface area contributed by atoms with Crippen molar-refractivity contribution >= 4 is 5.91 Å². The highest BCUT2D eigenvalue weighted by Crippen LogP contribution is 2.32. The second kappa shape index (κ2) is 7.58. The molecule has 29 heavy (non-hydrogen) atoms. The Morgan fingerprint density at radius 2 is 2.03 bits per heavy atom. The Kier molecular flexibility index (Phi) is 4.63. The molecule has 2 aliphatic heterocycles. The van der Waals surface area contributed by atoms with Gasteiger partial charge in [0.15, 0.2) is 17.4 Å². The van der Waals surface area contributed by atoms with Gasteiger partial charge in [-0.3, -0.25) is 9.78 Å². The number of ether oxygens (including phenoxy) is 2. The molecule has 4 heterocycles. The molecule has 7 nitrogen and oxygen atoms in total. The van der Waals surface area contributed by atoms with E-state index in [1.54, 1.807) is 11.1 Å². The number of amides is 1. The normalized spacial score (nSPS) is 17.7. The first kappa shape index (κ1) is 17.7. The monoisotopic (exact) mass is 391 g/mol. The van der Waals surface area contributed by atoms with Gasteiger partial charge in [-0.05, 0) is 30.2 Å². The lowest BCUT2D eigenvalue weighted by Crippen LogP contribution is -2.47. The SMILES string of the molecule is O=C(C1COc2ccccc2O1)N1CCc2oc(CCc3cccnc3)nc2C1. The van der Waals surface area contributed by atoms with Crippen molar-refractivity contribution in [3.63, 3.8) is 0 Å². The van der Waals surface area contributed by atoms with Gasteiger partial charge in [0.2, 0.25) is 6.10 Å². The van der Waals surface area contributed by atoms with Gasteiger partial charge in [-0.15, -0.1) is 0 Å². The molecule has 0 aliphatic carbocycles. The predicted molar refractivity (Wildman–Crippen MR) is 104 cm³/mol. The minimum Gasteiger partial charge on any atom is -0.485 e. The van der Waals surface area contributed by atoms with Crippen LogP contribution in [0.25, 0.3) is 0 Å². The zero-order chi connectivity index (χ0) is 19.6. The molecule has 0 fully saturated rings. The Hall–Kier alpha value is -3.35. The summed E-state index contributed by atoms with van der Waals surface area (Å²) >= 11 is 0. The number of oxazole rings is 1. The summed E-state index contributed by atoms with van der Waals surface area (Å²) in [6.45, 7) is 1.24. The summed E-state index contributed by atoms with van der Waals surface area (Å²) in [4.78, 5) is 23.5. The van der Waals surface area contributed by atoms with Crippen molar-refractivity contribution in [2.45, 2.75) is 31.9 Å². The van der Waals surface area contributed by atoms with Gasteiger partial charge < -0.3 is 18.8 Å². The van der Waals surface area contributed by atoms with E-state index < -0.39 is 6.10 Å². The molecule has 0 spiro atoms. The third kappa shape index (κ3) is 3.68.